The Kier molecular flexibility index (Phi) is 9.58. The van der Waals surface area contributed by atoms with Gasteiger partial charge in [0, 0.05) is 24.7 Å². The summed E-state index contributed by atoms with van der Waals surface area (Å²) in [6, 6.07) is 6.74. The van der Waals surface area contributed by atoms with Gasteiger partial charge in [0.15, 0.2) is 0 Å². The summed E-state index contributed by atoms with van der Waals surface area (Å²) in [6.45, 7) is 5.27. The molecule has 2 rings (SSSR count). The fraction of sp³-hybridized carbons (Fsp3) is 0.619. The van der Waals surface area contributed by atoms with Crippen molar-refractivity contribution in [2.45, 2.75) is 52.0 Å². The lowest BCUT2D eigenvalue weighted by Crippen LogP contribution is -2.49. The molecule has 1 aliphatic heterocycles. The Bertz CT molecular complexity index is 787. The molecular weight excluding hydrogens is 406 g/mol. The Morgan fingerprint density at radius 1 is 1.10 bits per heavy atom. The Morgan fingerprint density at radius 2 is 1.77 bits per heavy atom. The Balaban J connectivity index is 1.71. The summed E-state index contributed by atoms with van der Waals surface area (Å²) < 4.78 is 31.3. The van der Waals surface area contributed by atoms with E-state index in [9.17, 15) is 18.0 Å². The lowest BCUT2D eigenvalue weighted by atomic mass is 10.1. The van der Waals surface area contributed by atoms with Crippen LogP contribution in [0, 0.1) is 0 Å². The highest BCUT2D eigenvalue weighted by molar-refractivity contribution is 7.89. The average molecular weight is 440 g/mol. The third-order valence-corrected chi connectivity index (χ3v) is 7.04. The number of piperidine rings is 1. The first-order valence-corrected chi connectivity index (χ1v) is 12.2. The lowest BCUT2D eigenvalue weighted by Gasteiger charge is -2.31. The molecule has 0 atom stereocenters. The van der Waals surface area contributed by atoms with Gasteiger partial charge in [-0.05, 0) is 49.9 Å². The third kappa shape index (κ3) is 7.60. The maximum Gasteiger partial charge on any atom is 0.251 e. The van der Waals surface area contributed by atoms with Crippen LogP contribution in [0.4, 0.5) is 0 Å². The zero-order valence-corrected chi connectivity index (χ0v) is 18.7. The summed E-state index contributed by atoms with van der Waals surface area (Å²) in [5.41, 5.74) is 0.458. The van der Waals surface area contributed by atoms with Crippen molar-refractivity contribution in [1.82, 2.24) is 14.9 Å². The van der Waals surface area contributed by atoms with Crippen LogP contribution in [0.15, 0.2) is 24.3 Å². The van der Waals surface area contributed by atoms with Crippen LogP contribution < -0.4 is 15.4 Å². The van der Waals surface area contributed by atoms with E-state index >= 15 is 0 Å². The molecule has 1 aliphatic rings. The second-order valence-corrected chi connectivity index (χ2v) is 9.55. The molecule has 1 heterocycles. The zero-order valence-electron chi connectivity index (χ0n) is 17.9. The van der Waals surface area contributed by atoms with Gasteiger partial charge in [-0.3, -0.25) is 9.59 Å². The van der Waals surface area contributed by atoms with Crippen LogP contribution >= 0.6 is 0 Å². The van der Waals surface area contributed by atoms with Gasteiger partial charge >= 0.3 is 0 Å². The molecular formula is C21H33N3O5S. The molecule has 2 N–H and O–H groups in total. The van der Waals surface area contributed by atoms with E-state index in [0.717, 1.165) is 12.8 Å². The molecule has 0 aromatic heterocycles. The molecule has 2 amide bonds. The van der Waals surface area contributed by atoms with Gasteiger partial charge in [0.25, 0.3) is 5.91 Å². The molecule has 8 nitrogen and oxygen atoms in total. The van der Waals surface area contributed by atoms with Crippen molar-refractivity contribution in [2.24, 2.45) is 0 Å². The van der Waals surface area contributed by atoms with Crippen LogP contribution in [0.2, 0.25) is 0 Å². The fourth-order valence-corrected chi connectivity index (χ4v) is 4.78. The topological polar surface area (TPSA) is 105 Å². The van der Waals surface area contributed by atoms with Crippen molar-refractivity contribution in [3.05, 3.63) is 29.8 Å². The van der Waals surface area contributed by atoms with Crippen molar-refractivity contribution in [2.75, 3.05) is 32.0 Å². The summed E-state index contributed by atoms with van der Waals surface area (Å²) in [5.74, 6) is 0.260. The van der Waals surface area contributed by atoms with Gasteiger partial charge in [0.05, 0.1) is 18.9 Å². The first-order chi connectivity index (χ1) is 14.4. The van der Waals surface area contributed by atoms with Crippen molar-refractivity contribution in [1.29, 1.82) is 0 Å². The van der Waals surface area contributed by atoms with Crippen LogP contribution in [0.25, 0.3) is 0 Å². The summed E-state index contributed by atoms with van der Waals surface area (Å²) in [5, 5.41) is 5.48. The summed E-state index contributed by atoms with van der Waals surface area (Å²) in [4.78, 5) is 24.4. The molecule has 1 aromatic rings. The smallest absolute Gasteiger partial charge is 0.251 e. The molecule has 168 valence electrons. The number of sulfonamides is 1. The maximum absolute atomic E-state index is 12.2. The number of ether oxygens (including phenoxy) is 1. The Labute approximate surface area is 179 Å². The molecule has 0 saturated carbocycles. The number of nitrogens with one attached hydrogen (secondary N) is 2. The number of nitrogens with zero attached hydrogens (tertiary/aromatic N) is 1. The van der Waals surface area contributed by atoms with Crippen molar-refractivity contribution < 1.29 is 22.7 Å². The van der Waals surface area contributed by atoms with Gasteiger partial charge < -0.3 is 15.4 Å². The monoisotopic (exact) mass is 439 g/mol. The second kappa shape index (κ2) is 11.9. The molecule has 0 bridgehead atoms. The predicted octanol–water partition coefficient (Wildman–Crippen LogP) is 1.92. The van der Waals surface area contributed by atoms with Crippen molar-refractivity contribution >= 4 is 21.8 Å². The second-order valence-electron chi connectivity index (χ2n) is 7.47. The van der Waals surface area contributed by atoms with Crippen molar-refractivity contribution in [3.63, 3.8) is 0 Å². The van der Waals surface area contributed by atoms with E-state index in [1.165, 1.54) is 4.31 Å². The summed E-state index contributed by atoms with van der Waals surface area (Å²) >= 11 is 0. The fourth-order valence-electron chi connectivity index (χ4n) is 3.24. The minimum atomic E-state index is -3.19. The summed E-state index contributed by atoms with van der Waals surface area (Å²) in [6.07, 6.45) is 3.77. The number of rotatable bonds is 11. The van der Waals surface area contributed by atoms with E-state index in [0.29, 0.717) is 50.3 Å². The quantitative estimate of drug-likeness (QED) is 0.513. The highest BCUT2D eigenvalue weighted by Crippen LogP contribution is 2.15. The lowest BCUT2D eigenvalue weighted by molar-refractivity contribution is -0.121. The number of carbonyl (C=O) groups excluding carboxylic acids is 2. The van der Waals surface area contributed by atoms with Crippen LogP contribution in [0.1, 0.15) is 56.3 Å². The number of hydrogen-bond donors (Lipinski definition) is 2. The zero-order chi connectivity index (χ0) is 22.0. The van der Waals surface area contributed by atoms with Gasteiger partial charge in [0.2, 0.25) is 15.9 Å². The highest BCUT2D eigenvalue weighted by Gasteiger charge is 2.27. The molecule has 0 radical (unpaired) electrons. The van der Waals surface area contributed by atoms with E-state index in [4.69, 9.17) is 4.74 Å². The third-order valence-electron chi connectivity index (χ3n) is 4.97. The molecule has 0 unspecified atom stereocenters. The van der Waals surface area contributed by atoms with E-state index in [2.05, 4.69) is 17.6 Å². The van der Waals surface area contributed by atoms with Crippen LogP contribution in [-0.2, 0) is 14.8 Å². The molecule has 1 aromatic carbocycles. The van der Waals surface area contributed by atoms with E-state index < -0.39 is 10.0 Å². The van der Waals surface area contributed by atoms with Gasteiger partial charge in [0.1, 0.15) is 5.75 Å². The van der Waals surface area contributed by atoms with E-state index in [1.807, 2.05) is 6.92 Å². The standard InChI is InChI=1S/C21H33N3O5S/c1-3-5-14-29-19-8-6-17(7-9-19)21(26)22-16-20(25)23-18-10-12-24(13-11-18)30(27,28)15-4-2/h6-9,18H,3-5,10-16H2,1-2H3,(H,22,26)(H,23,25). The maximum atomic E-state index is 12.2. The Morgan fingerprint density at radius 3 is 2.37 bits per heavy atom. The molecule has 1 saturated heterocycles. The van der Waals surface area contributed by atoms with Crippen LogP contribution in [0.3, 0.4) is 0 Å². The number of carbonyl (C=O) groups is 2. The van der Waals surface area contributed by atoms with Gasteiger partial charge in [-0.25, -0.2) is 12.7 Å². The molecule has 0 spiro atoms. The number of benzene rings is 1. The van der Waals surface area contributed by atoms with Gasteiger partial charge in [-0.1, -0.05) is 20.3 Å². The molecule has 9 heteroatoms. The minimum absolute atomic E-state index is 0.0815. The molecule has 1 fully saturated rings. The molecule has 0 aliphatic carbocycles. The minimum Gasteiger partial charge on any atom is -0.494 e. The molecule has 30 heavy (non-hydrogen) atoms. The Hall–Kier alpha value is -2.13. The van der Waals surface area contributed by atoms with E-state index in [-0.39, 0.29) is 30.2 Å². The number of hydrogen-bond acceptors (Lipinski definition) is 5. The summed E-state index contributed by atoms with van der Waals surface area (Å²) in [7, 11) is -3.19. The van der Waals surface area contributed by atoms with Gasteiger partial charge in [-0.15, -0.1) is 0 Å². The number of amides is 2. The number of unbranched alkanes of at least 4 members (excludes halogenated alkanes) is 1. The van der Waals surface area contributed by atoms with E-state index in [1.54, 1.807) is 24.3 Å². The normalized spacial score (nSPS) is 15.5. The SMILES string of the molecule is CCCCOc1ccc(C(=O)NCC(=O)NC2CCN(S(=O)(=O)CCC)CC2)cc1. The van der Waals surface area contributed by atoms with Crippen LogP contribution in [-0.4, -0.2) is 62.6 Å². The van der Waals surface area contributed by atoms with Crippen LogP contribution in [0.5, 0.6) is 5.75 Å². The average Bonchev–Trinajstić information content (AvgIpc) is 2.73. The predicted molar refractivity (Wildman–Crippen MR) is 116 cm³/mol. The van der Waals surface area contributed by atoms with Crippen molar-refractivity contribution in [3.8, 4) is 5.75 Å². The van der Waals surface area contributed by atoms with Gasteiger partial charge in [-0.2, -0.15) is 0 Å². The largest absolute Gasteiger partial charge is 0.494 e. The first kappa shape index (κ1) is 24.1. The highest BCUT2D eigenvalue weighted by atomic mass is 32.2. The first-order valence-electron chi connectivity index (χ1n) is 10.6.